The van der Waals surface area contributed by atoms with Gasteiger partial charge in [-0.2, -0.15) is 0 Å². The van der Waals surface area contributed by atoms with Crippen LogP contribution < -0.4 is 5.73 Å². The lowest BCUT2D eigenvalue weighted by Crippen LogP contribution is -2.41. The fraction of sp³-hybridized carbons (Fsp3) is 0.562. The Morgan fingerprint density at radius 1 is 1.29 bits per heavy atom. The number of likely N-dealkylation sites (tertiary alicyclic amines) is 1. The number of benzene rings is 1. The summed E-state index contributed by atoms with van der Waals surface area (Å²) in [4.78, 5) is 14.3. The average molecular weight is 292 g/mol. The lowest BCUT2D eigenvalue weighted by molar-refractivity contribution is -0.00554. The second-order valence-corrected chi connectivity index (χ2v) is 5.32. The van der Waals surface area contributed by atoms with Gasteiger partial charge in [0.15, 0.2) is 0 Å². The molecule has 1 fully saturated rings. The molecule has 2 rings (SSSR count). The molecule has 3 N–H and O–H groups in total. The van der Waals surface area contributed by atoms with Crippen LogP contribution in [0.25, 0.3) is 0 Å². The number of hydrogen-bond acceptors (Lipinski definition) is 4. The van der Waals surface area contributed by atoms with Gasteiger partial charge < -0.3 is 20.5 Å². The van der Waals surface area contributed by atoms with Crippen LogP contribution in [0.2, 0.25) is 0 Å². The SMILES string of the molecule is NCCc1ccc(C(=O)N2CCC(OCCO)CC2)cc1. The van der Waals surface area contributed by atoms with E-state index in [4.69, 9.17) is 15.6 Å². The molecule has 0 aromatic heterocycles. The Bertz CT molecular complexity index is 439. The van der Waals surface area contributed by atoms with Gasteiger partial charge in [0.2, 0.25) is 0 Å². The standard InChI is InChI=1S/C16H24N2O3/c17-8-5-13-1-3-14(4-2-13)16(20)18-9-6-15(7-10-18)21-12-11-19/h1-4,15,19H,5-12,17H2. The molecule has 5 nitrogen and oxygen atoms in total. The van der Waals surface area contributed by atoms with Crippen molar-refractivity contribution in [3.8, 4) is 0 Å². The summed E-state index contributed by atoms with van der Waals surface area (Å²) in [5.74, 6) is 0.0786. The summed E-state index contributed by atoms with van der Waals surface area (Å²) in [6, 6.07) is 7.69. The first-order valence-electron chi connectivity index (χ1n) is 7.55. The number of nitrogens with zero attached hydrogens (tertiary/aromatic N) is 1. The third-order valence-corrected chi connectivity index (χ3v) is 3.81. The van der Waals surface area contributed by atoms with E-state index in [0.717, 1.165) is 30.4 Å². The quantitative estimate of drug-likeness (QED) is 0.813. The van der Waals surface area contributed by atoms with Crippen LogP contribution >= 0.6 is 0 Å². The predicted molar refractivity (Wildman–Crippen MR) is 81.2 cm³/mol. The summed E-state index contributed by atoms with van der Waals surface area (Å²) < 4.78 is 5.51. The number of rotatable bonds is 6. The minimum atomic E-state index is 0.0499. The summed E-state index contributed by atoms with van der Waals surface area (Å²) in [7, 11) is 0. The molecule has 1 heterocycles. The normalized spacial score (nSPS) is 16.2. The van der Waals surface area contributed by atoms with Crippen molar-refractivity contribution in [2.75, 3.05) is 32.8 Å². The second kappa shape index (κ2) is 8.12. The summed E-state index contributed by atoms with van der Waals surface area (Å²) in [6.45, 7) is 2.46. The molecule has 1 aliphatic heterocycles. The number of amides is 1. The van der Waals surface area contributed by atoms with Crippen LogP contribution in [0.3, 0.4) is 0 Å². The lowest BCUT2D eigenvalue weighted by atomic mass is 10.0. The molecule has 21 heavy (non-hydrogen) atoms. The van der Waals surface area contributed by atoms with Gasteiger partial charge in [-0.25, -0.2) is 0 Å². The van der Waals surface area contributed by atoms with Crippen molar-refractivity contribution in [3.05, 3.63) is 35.4 Å². The van der Waals surface area contributed by atoms with Crippen LogP contribution in [0.1, 0.15) is 28.8 Å². The van der Waals surface area contributed by atoms with Crippen LogP contribution in [-0.2, 0) is 11.2 Å². The highest BCUT2D eigenvalue weighted by Crippen LogP contribution is 2.16. The molecule has 1 amide bonds. The third kappa shape index (κ3) is 4.52. The Morgan fingerprint density at radius 3 is 2.52 bits per heavy atom. The third-order valence-electron chi connectivity index (χ3n) is 3.81. The fourth-order valence-corrected chi connectivity index (χ4v) is 2.61. The van der Waals surface area contributed by atoms with Gasteiger partial charge in [-0.05, 0) is 43.5 Å². The highest BCUT2D eigenvalue weighted by Gasteiger charge is 2.23. The van der Waals surface area contributed by atoms with Crippen LogP contribution in [0.4, 0.5) is 0 Å². The molecule has 116 valence electrons. The van der Waals surface area contributed by atoms with E-state index >= 15 is 0 Å². The van der Waals surface area contributed by atoms with Crippen molar-refractivity contribution in [3.63, 3.8) is 0 Å². The van der Waals surface area contributed by atoms with E-state index in [1.54, 1.807) is 0 Å². The van der Waals surface area contributed by atoms with E-state index in [0.29, 0.717) is 26.2 Å². The largest absolute Gasteiger partial charge is 0.394 e. The van der Waals surface area contributed by atoms with Gasteiger partial charge in [0.05, 0.1) is 19.3 Å². The first-order valence-corrected chi connectivity index (χ1v) is 7.55. The van der Waals surface area contributed by atoms with E-state index < -0.39 is 0 Å². The molecule has 1 aromatic carbocycles. The number of ether oxygens (including phenoxy) is 1. The zero-order valence-corrected chi connectivity index (χ0v) is 12.3. The maximum Gasteiger partial charge on any atom is 0.253 e. The molecule has 0 spiro atoms. The van der Waals surface area contributed by atoms with Gasteiger partial charge >= 0.3 is 0 Å². The number of carbonyl (C=O) groups is 1. The summed E-state index contributed by atoms with van der Waals surface area (Å²) in [5.41, 5.74) is 7.41. The van der Waals surface area contributed by atoms with Crippen LogP contribution in [0, 0.1) is 0 Å². The number of aliphatic hydroxyl groups excluding tert-OH is 1. The molecule has 1 aliphatic rings. The Labute approximate surface area is 125 Å². The monoisotopic (exact) mass is 292 g/mol. The molecular formula is C16H24N2O3. The number of hydrogen-bond donors (Lipinski definition) is 2. The lowest BCUT2D eigenvalue weighted by Gasteiger charge is -2.32. The van der Waals surface area contributed by atoms with Gasteiger partial charge in [-0.3, -0.25) is 4.79 Å². The molecular weight excluding hydrogens is 268 g/mol. The zero-order valence-electron chi connectivity index (χ0n) is 12.3. The Kier molecular flexibility index (Phi) is 6.17. The molecule has 1 saturated heterocycles. The molecule has 0 unspecified atom stereocenters. The van der Waals surface area contributed by atoms with Crippen molar-refractivity contribution in [2.24, 2.45) is 5.73 Å². The summed E-state index contributed by atoms with van der Waals surface area (Å²) in [5, 5.41) is 8.75. The first kappa shape index (κ1) is 15.9. The fourth-order valence-electron chi connectivity index (χ4n) is 2.61. The molecule has 0 atom stereocenters. The highest BCUT2D eigenvalue weighted by atomic mass is 16.5. The van der Waals surface area contributed by atoms with Crippen molar-refractivity contribution < 1.29 is 14.6 Å². The van der Waals surface area contributed by atoms with Gasteiger partial charge in [0.25, 0.3) is 5.91 Å². The van der Waals surface area contributed by atoms with Crippen molar-refractivity contribution in [1.82, 2.24) is 4.90 Å². The van der Waals surface area contributed by atoms with E-state index in [1.165, 1.54) is 0 Å². The van der Waals surface area contributed by atoms with Crippen LogP contribution in [-0.4, -0.2) is 54.9 Å². The van der Waals surface area contributed by atoms with E-state index in [9.17, 15) is 4.79 Å². The molecule has 0 saturated carbocycles. The number of piperidine rings is 1. The Morgan fingerprint density at radius 2 is 1.95 bits per heavy atom. The highest BCUT2D eigenvalue weighted by molar-refractivity contribution is 5.94. The van der Waals surface area contributed by atoms with E-state index in [-0.39, 0.29) is 18.6 Å². The number of aliphatic hydroxyl groups is 1. The molecule has 1 aromatic rings. The maximum atomic E-state index is 12.4. The smallest absolute Gasteiger partial charge is 0.253 e. The van der Waals surface area contributed by atoms with Gasteiger partial charge in [-0.1, -0.05) is 12.1 Å². The van der Waals surface area contributed by atoms with E-state index in [1.807, 2.05) is 29.2 Å². The summed E-state index contributed by atoms with van der Waals surface area (Å²) >= 11 is 0. The molecule has 0 radical (unpaired) electrons. The maximum absolute atomic E-state index is 12.4. The van der Waals surface area contributed by atoms with Gasteiger partial charge in [-0.15, -0.1) is 0 Å². The van der Waals surface area contributed by atoms with Crippen LogP contribution in [0.15, 0.2) is 24.3 Å². The van der Waals surface area contributed by atoms with Gasteiger partial charge in [0.1, 0.15) is 0 Å². The van der Waals surface area contributed by atoms with Crippen molar-refractivity contribution in [2.45, 2.75) is 25.4 Å². The summed E-state index contributed by atoms with van der Waals surface area (Å²) in [6.07, 6.45) is 2.66. The molecule has 0 aliphatic carbocycles. The minimum Gasteiger partial charge on any atom is -0.394 e. The topological polar surface area (TPSA) is 75.8 Å². The predicted octanol–water partition coefficient (Wildman–Crippen LogP) is 0.801. The Balaban J connectivity index is 1.86. The second-order valence-electron chi connectivity index (χ2n) is 5.32. The van der Waals surface area contributed by atoms with E-state index in [2.05, 4.69) is 0 Å². The van der Waals surface area contributed by atoms with Gasteiger partial charge in [0, 0.05) is 18.7 Å². The first-order chi connectivity index (χ1) is 10.2. The molecule has 5 heteroatoms. The van der Waals surface area contributed by atoms with Crippen molar-refractivity contribution >= 4 is 5.91 Å². The minimum absolute atomic E-state index is 0.0499. The zero-order chi connectivity index (χ0) is 15.1. The number of nitrogens with two attached hydrogens (primary N) is 1. The van der Waals surface area contributed by atoms with Crippen LogP contribution in [0.5, 0.6) is 0 Å². The Hall–Kier alpha value is -1.43. The average Bonchev–Trinajstić information content (AvgIpc) is 2.54. The molecule has 0 bridgehead atoms. The number of carbonyl (C=O) groups excluding carboxylic acids is 1. The van der Waals surface area contributed by atoms with Crippen molar-refractivity contribution in [1.29, 1.82) is 0 Å².